The van der Waals surface area contributed by atoms with E-state index in [1.807, 2.05) is 18.1 Å². The molecule has 3 rings (SSSR count). The molecule has 2 saturated heterocycles. The number of amides is 1. The van der Waals surface area contributed by atoms with Crippen LogP contribution < -0.4 is 10.2 Å². The number of anilines is 1. The number of aliphatic imine (C=N–C) groups is 1. The Morgan fingerprint density at radius 2 is 2.19 bits per heavy atom. The molecule has 8 nitrogen and oxygen atoms in total. The Labute approximate surface area is 179 Å². The average Bonchev–Trinajstić information content (AvgIpc) is 3.25. The summed E-state index contributed by atoms with van der Waals surface area (Å²) in [5.41, 5.74) is 0.863. The van der Waals surface area contributed by atoms with E-state index < -0.39 is 0 Å². The number of piperazine rings is 1. The first-order valence-electron chi connectivity index (χ1n) is 9.57. The van der Waals surface area contributed by atoms with Crippen molar-refractivity contribution < 1.29 is 4.79 Å². The first-order chi connectivity index (χ1) is 12.6. The van der Waals surface area contributed by atoms with Crippen LogP contribution in [0.2, 0.25) is 0 Å². The molecule has 9 heteroatoms. The minimum atomic E-state index is 0. The highest BCUT2D eigenvalue weighted by atomic mass is 127. The van der Waals surface area contributed by atoms with Gasteiger partial charge in [-0.25, -0.2) is 0 Å². The van der Waals surface area contributed by atoms with Crippen LogP contribution in [0.3, 0.4) is 0 Å². The van der Waals surface area contributed by atoms with Gasteiger partial charge in [0.2, 0.25) is 5.91 Å². The van der Waals surface area contributed by atoms with E-state index in [-0.39, 0.29) is 29.9 Å². The summed E-state index contributed by atoms with van der Waals surface area (Å²) in [5.74, 6) is 1.57. The van der Waals surface area contributed by atoms with E-state index in [1.54, 1.807) is 22.8 Å². The second-order valence-electron chi connectivity index (χ2n) is 7.22. The van der Waals surface area contributed by atoms with Gasteiger partial charge in [-0.15, -0.1) is 24.0 Å². The minimum absolute atomic E-state index is 0. The highest BCUT2D eigenvalue weighted by molar-refractivity contribution is 14.0. The zero-order valence-corrected chi connectivity index (χ0v) is 18.9. The third-order valence-corrected chi connectivity index (χ3v) is 5.19. The normalized spacial score (nSPS) is 21.5. The number of nitrogens with one attached hydrogen (secondary N) is 1. The largest absolute Gasteiger partial charge is 0.356 e. The van der Waals surface area contributed by atoms with E-state index in [0.717, 1.165) is 31.3 Å². The Kier molecular flexibility index (Phi) is 8.33. The van der Waals surface area contributed by atoms with Crippen molar-refractivity contribution in [2.24, 2.45) is 18.0 Å². The number of nitrogens with zero attached hydrogens (tertiary/aromatic N) is 6. The number of hydrogen-bond donors (Lipinski definition) is 1. The smallest absolute Gasteiger partial charge is 0.246 e. The number of halogens is 1. The molecule has 1 aromatic rings. The van der Waals surface area contributed by atoms with Crippen molar-refractivity contribution in [2.75, 3.05) is 57.8 Å². The van der Waals surface area contributed by atoms with E-state index in [4.69, 9.17) is 0 Å². The molecule has 0 aromatic carbocycles. The van der Waals surface area contributed by atoms with Gasteiger partial charge in [0.05, 0.1) is 11.9 Å². The maximum atomic E-state index is 12.6. The molecule has 2 fully saturated rings. The molecule has 0 spiro atoms. The third kappa shape index (κ3) is 5.56. The van der Waals surface area contributed by atoms with Crippen LogP contribution in [0.25, 0.3) is 0 Å². The lowest BCUT2D eigenvalue weighted by Crippen LogP contribution is -2.55. The van der Waals surface area contributed by atoms with Gasteiger partial charge >= 0.3 is 0 Å². The number of rotatable bonds is 5. The molecule has 1 amide bonds. The molecule has 2 aliphatic rings. The minimum Gasteiger partial charge on any atom is -0.356 e. The molecule has 0 saturated carbocycles. The number of guanidine groups is 1. The lowest BCUT2D eigenvalue weighted by atomic mass is 10.1. The topological polar surface area (TPSA) is 69.0 Å². The van der Waals surface area contributed by atoms with Crippen molar-refractivity contribution in [1.29, 1.82) is 0 Å². The van der Waals surface area contributed by atoms with E-state index in [9.17, 15) is 4.79 Å². The van der Waals surface area contributed by atoms with Gasteiger partial charge in [-0.3, -0.25) is 14.5 Å². The number of carbonyl (C=O) groups excluding carboxylic acids is 1. The number of likely N-dealkylation sites (tertiary alicyclic amines) is 1. The Morgan fingerprint density at radius 1 is 1.37 bits per heavy atom. The molecule has 2 aliphatic heterocycles. The summed E-state index contributed by atoms with van der Waals surface area (Å²) in [4.78, 5) is 23.3. The molecule has 1 N–H and O–H groups in total. The fourth-order valence-electron chi connectivity index (χ4n) is 3.84. The Hall–Kier alpha value is -1.36. The summed E-state index contributed by atoms with van der Waals surface area (Å²) in [7, 11) is 3.65. The Balaban J connectivity index is 0.00000261. The van der Waals surface area contributed by atoms with Gasteiger partial charge in [-0.1, -0.05) is 6.92 Å². The summed E-state index contributed by atoms with van der Waals surface area (Å²) in [6.07, 6.45) is 6.06. The Bertz CT molecular complexity index is 647. The van der Waals surface area contributed by atoms with Gasteiger partial charge in [0.1, 0.15) is 6.54 Å². The summed E-state index contributed by atoms with van der Waals surface area (Å²) in [6.45, 7) is 8.47. The van der Waals surface area contributed by atoms with Crippen molar-refractivity contribution >= 4 is 41.5 Å². The van der Waals surface area contributed by atoms with Crippen molar-refractivity contribution in [2.45, 2.75) is 19.8 Å². The van der Waals surface area contributed by atoms with Crippen LogP contribution in [0.4, 0.5) is 5.69 Å². The highest BCUT2D eigenvalue weighted by Crippen LogP contribution is 2.17. The fraction of sp³-hybridized carbons (Fsp3) is 0.722. The number of hydrogen-bond acceptors (Lipinski definition) is 4. The van der Waals surface area contributed by atoms with Gasteiger partial charge < -0.3 is 20.0 Å². The lowest BCUT2D eigenvalue weighted by Gasteiger charge is -2.35. The predicted molar refractivity (Wildman–Crippen MR) is 119 cm³/mol. The van der Waals surface area contributed by atoms with Crippen LogP contribution in [0, 0.1) is 5.92 Å². The fourth-order valence-corrected chi connectivity index (χ4v) is 3.84. The van der Waals surface area contributed by atoms with Gasteiger partial charge in [0.15, 0.2) is 5.96 Å². The second-order valence-corrected chi connectivity index (χ2v) is 7.22. The molecule has 27 heavy (non-hydrogen) atoms. The average molecular weight is 489 g/mol. The first-order valence-corrected chi connectivity index (χ1v) is 9.57. The Morgan fingerprint density at radius 3 is 2.81 bits per heavy atom. The summed E-state index contributed by atoms with van der Waals surface area (Å²) in [6, 6.07) is 0. The maximum Gasteiger partial charge on any atom is 0.246 e. The lowest BCUT2D eigenvalue weighted by molar-refractivity contribution is -0.120. The van der Waals surface area contributed by atoms with Crippen LogP contribution in [-0.4, -0.2) is 84.3 Å². The zero-order chi connectivity index (χ0) is 18.5. The van der Waals surface area contributed by atoms with E-state index in [0.29, 0.717) is 19.0 Å². The molecule has 1 atom stereocenters. The molecule has 1 aromatic heterocycles. The van der Waals surface area contributed by atoms with Crippen LogP contribution in [0.5, 0.6) is 0 Å². The van der Waals surface area contributed by atoms with E-state index in [1.165, 1.54) is 25.9 Å². The van der Waals surface area contributed by atoms with Crippen molar-refractivity contribution in [3.8, 4) is 0 Å². The first kappa shape index (κ1) is 21.9. The molecule has 152 valence electrons. The molecular weight excluding hydrogens is 457 g/mol. The standard InChI is InChI=1S/C18H31N7O.HI/c1-4-6-23-7-5-15(12-23)10-20-18(19-2)24-8-9-25(17(26)14-24)16-11-21-22(3)13-16;/h11,13,15H,4-10,12,14H2,1-3H3,(H,19,20);1H. The highest BCUT2D eigenvalue weighted by Gasteiger charge is 2.28. The predicted octanol–water partition coefficient (Wildman–Crippen LogP) is 0.994. The van der Waals surface area contributed by atoms with Crippen LogP contribution in [0.1, 0.15) is 19.8 Å². The molecule has 3 heterocycles. The molecule has 1 unspecified atom stereocenters. The van der Waals surface area contributed by atoms with Crippen LogP contribution in [0.15, 0.2) is 17.4 Å². The van der Waals surface area contributed by atoms with Gasteiger partial charge in [-0.2, -0.15) is 5.10 Å². The monoisotopic (exact) mass is 489 g/mol. The zero-order valence-electron chi connectivity index (χ0n) is 16.6. The van der Waals surface area contributed by atoms with Crippen molar-refractivity contribution in [3.05, 3.63) is 12.4 Å². The van der Waals surface area contributed by atoms with E-state index in [2.05, 4.69) is 27.2 Å². The quantitative estimate of drug-likeness (QED) is 0.380. The van der Waals surface area contributed by atoms with Crippen molar-refractivity contribution in [3.63, 3.8) is 0 Å². The van der Waals surface area contributed by atoms with Gasteiger partial charge in [0, 0.05) is 46.5 Å². The summed E-state index contributed by atoms with van der Waals surface area (Å²) in [5, 5.41) is 7.64. The molecule has 0 bridgehead atoms. The number of aryl methyl sites for hydroxylation is 1. The van der Waals surface area contributed by atoms with Gasteiger partial charge in [0.25, 0.3) is 0 Å². The third-order valence-electron chi connectivity index (χ3n) is 5.19. The van der Waals surface area contributed by atoms with E-state index >= 15 is 0 Å². The second kappa shape index (κ2) is 10.3. The van der Waals surface area contributed by atoms with Crippen LogP contribution in [-0.2, 0) is 11.8 Å². The summed E-state index contributed by atoms with van der Waals surface area (Å²) < 4.78 is 1.72. The molecule has 0 radical (unpaired) electrons. The maximum absolute atomic E-state index is 12.6. The molecule has 0 aliphatic carbocycles. The van der Waals surface area contributed by atoms with Crippen molar-refractivity contribution in [1.82, 2.24) is 24.9 Å². The van der Waals surface area contributed by atoms with Gasteiger partial charge in [-0.05, 0) is 31.8 Å². The summed E-state index contributed by atoms with van der Waals surface area (Å²) >= 11 is 0. The number of carbonyl (C=O) groups is 1. The SMILES string of the molecule is CCCN1CCC(CNC(=NC)N2CCN(c3cnn(C)c3)C(=O)C2)C1.I. The van der Waals surface area contributed by atoms with Crippen LogP contribution >= 0.6 is 24.0 Å². The molecular formula is C18H32IN7O. The number of aromatic nitrogens is 2.